The van der Waals surface area contributed by atoms with Gasteiger partial charge in [-0.25, -0.2) is 4.98 Å². The van der Waals surface area contributed by atoms with E-state index in [1.807, 2.05) is 9.80 Å². The molecule has 2 fully saturated rings. The fourth-order valence-corrected chi connectivity index (χ4v) is 4.31. The fraction of sp³-hybridized carbons (Fsp3) is 0.500. The Kier molecular flexibility index (Phi) is 4.09. The number of carbonyl (C=O) groups is 1. The Morgan fingerprint density at radius 2 is 2.12 bits per heavy atom. The summed E-state index contributed by atoms with van der Waals surface area (Å²) in [5.74, 6) is 0.742. The van der Waals surface area contributed by atoms with E-state index in [0.717, 1.165) is 30.2 Å². The summed E-state index contributed by atoms with van der Waals surface area (Å²) in [5.41, 5.74) is -0.131. The third-order valence-electron chi connectivity index (χ3n) is 5.05. The maximum atomic E-state index is 12.8. The summed E-state index contributed by atoms with van der Waals surface area (Å²) in [6.45, 7) is 3.70. The molecule has 6 nitrogen and oxygen atoms in total. The van der Waals surface area contributed by atoms with Crippen LogP contribution in [-0.2, 0) is 6.18 Å². The van der Waals surface area contributed by atoms with Gasteiger partial charge >= 0.3 is 6.18 Å². The lowest BCUT2D eigenvalue weighted by atomic mass is 10.1. The second-order valence-corrected chi connectivity index (χ2v) is 7.36. The molecule has 2 unspecified atom stereocenters. The summed E-state index contributed by atoms with van der Waals surface area (Å²) in [4.78, 5) is 21.1. The monoisotopic (exact) mass is 383 g/mol. The number of carbonyl (C=O) groups excluding carboxylic acids is 1. The van der Waals surface area contributed by atoms with Gasteiger partial charge in [-0.15, -0.1) is 5.10 Å². The van der Waals surface area contributed by atoms with Crippen molar-refractivity contribution in [3.05, 3.63) is 34.5 Å². The number of aryl methyl sites for hydroxylation is 1. The zero-order valence-electron chi connectivity index (χ0n) is 13.9. The number of fused-ring (bicyclic) bond motifs is 1. The first-order valence-electron chi connectivity index (χ1n) is 8.22. The highest BCUT2D eigenvalue weighted by Gasteiger charge is 2.44. The second kappa shape index (κ2) is 6.19. The van der Waals surface area contributed by atoms with Crippen LogP contribution in [0.5, 0.6) is 0 Å². The molecule has 0 bridgehead atoms. The van der Waals surface area contributed by atoms with Gasteiger partial charge in [-0.3, -0.25) is 4.79 Å². The number of rotatable bonds is 2. The Labute approximate surface area is 151 Å². The van der Waals surface area contributed by atoms with Crippen molar-refractivity contribution >= 4 is 23.3 Å². The van der Waals surface area contributed by atoms with E-state index in [-0.39, 0.29) is 11.9 Å². The zero-order valence-corrected chi connectivity index (χ0v) is 14.7. The lowest BCUT2D eigenvalue weighted by Gasteiger charge is -2.25. The fourth-order valence-electron chi connectivity index (χ4n) is 3.70. The van der Waals surface area contributed by atoms with Crippen molar-refractivity contribution in [1.29, 1.82) is 0 Å². The molecule has 0 aromatic carbocycles. The molecule has 2 saturated heterocycles. The molecule has 0 spiro atoms. The minimum atomic E-state index is -4.39. The average molecular weight is 383 g/mol. The van der Waals surface area contributed by atoms with Gasteiger partial charge in [0.15, 0.2) is 0 Å². The Hall–Kier alpha value is -2.23. The Morgan fingerprint density at radius 1 is 1.31 bits per heavy atom. The summed E-state index contributed by atoms with van der Waals surface area (Å²) in [5, 5.41) is 3.89. The number of halogens is 3. The lowest BCUT2D eigenvalue weighted by Crippen LogP contribution is -2.39. The molecule has 4 rings (SSSR count). The van der Waals surface area contributed by atoms with E-state index >= 15 is 0 Å². The Morgan fingerprint density at radius 3 is 2.73 bits per heavy atom. The zero-order chi connectivity index (χ0) is 18.5. The molecule has 2 aliphatic heterocycles. The smallest absolute Gasteiger partial charge is 0.354 e. The quantitative estimate of drug-likeness (QED) is 0.798. The van der Waals surface area contributed by atoms with Gasteiger partial charge in [-0.2, -0.15) is 13.2 Å². The van der Waals surface area contributed by atoms with Gasteiger partial charge in [-0.1, -0.05) is 4.49 Å². The van der Waals surface area contributed by atoms with Crippen LogP contribution >= 0.6 is 11.5 Å². The Bertz CT molecular complexity index is 822. The first kappa shape index (κ1) is 17.2. The van der Waals surface area contributed by atoms with E-state index in [9.17, 15) is 18.0 Å². The normalized spacial score (nSPS) is 22.8. The minimum absolute atomic E-state index is 0.0353. The number of amides is 1. The highest BCUT2D eigenvalue weighted by molar-refractivity contribution is 7.07. The second-order valence-electron chi connectivity index (χ2n) is 6.61. The van der Waals surface area contributed by atoms with Gasteiger partial charge in [0.1, 0.15) is 10.7 Å². The molecular weight excluding hydrogens is 367 g/mol. The summed E-state index contributed by atoms with van der Waals surface area (Å²) in [6, 6.07) is 2.48. The minimum Gasteiger partial charge on any atom is -0.354 e. The third kappa shape index (κ3) is 2.91. The van der Waals surface area contributed by atoms with Crippen molar-refractivity contribution in [2.24, 2.45) is 5.92 Å². The Balaban J connectivity index is 1.49. The first-order valence-corrected chi connectivity index (χ1v) is 9.00. The summed E-state index contributed by atoms with van der Waals surface area (Å²) in [7, 11) is 0. The third-order valence-corrected chi connectivity index (χ3v) is 5.87. The van der Waals surface area contributed by atoms with E-state index in [0.29, 0.717) is 41.9 Å². The van der Waals surface area contributed by atoms with Crippen LogP contribution in [0.25, 0.3) is 0 Å². The lowest BCUT2D eigenvalue weighted by molar-refractivity contribution is -0.137. The summed E-state index contributed by atoms with van der Waals surface area (Å²) >= 11 is 1.09. The van der Waals surface area contributed by atoms with Crippen LogP contribution in [0.15, 0.2) is 18.3 Å². The molecule has 2 atom stereocenters. The summed E-state index contributed by atoms with van der Waals surface area (Å²) in [6.07, 6.45) is -2.66. The van der Waals surface area contributed by atoms with Gasteiger partial charge < -0.3 is 9.80 Å². The largest absolute Gasteiger partial charge is 0.417 e. The van der Waals surface area contributed by atoms with E-state index in [2.05, 4.69) is 14.6 Å². The van der Waals surface area contributed by atoms with Crippen LogP contribution in [0.1, 0.15) is 27.3 Å². The van der Waals surface area contributed by atoms with Crippen molar-refractivity contribution in [2.75, 3.05) is 24.5 Å². The molecule has 26 heavy (non-hydrogen) atoms. The number of anilines is 1. The predicted octanol–water partition coefficient (Wildman–Crippen LogP) is 2.61. The van der Waals surface area contributed by atoms with Gasteiger partial charge in [0, 0.05) is 31.7 Å². The molecule has 0 radical (unpaired) electrons. The van der Waals surface area contributed by atoms with Crippen LogP contribution < -0.4 is 4.90 Å². The molecule has 4 heterocycles. The highest BCUT2D eigenvalue weighted by atomic mass is 32.1. The van der Waals surface area contributed by atoms with Crippen LogP contribution in [0.3, 0.4) is 0 Å². The molecule has 2 aromatic heterocycles. The van der Waals surface area contributed by atoms with E-state index in [4.69, 9.17) is 0 Å². The van der Waals surface area contributed by atoms with Crippen LogP contribution in [0, 0.1) is 12.8 Å². The van der Waals surface area contributed by atoms with E-state index < -0.39 is 11.7 Å². The van der Waals surface area contributed by atoms with Gasteiger partial charge in [0.2, 0.25) is 0 Å². The molecule has 0 N–H and O–H groups in total. The van der Waals surface area contributed by atoms with Crippen molar-refractivity contribution < 1.29 is 18.0 Å². The number of nitrogens with zero attached hydrogens (tertiary/aromatic N) is 5. The number of likely N-dealkylation sites (tertiary alicyclic amines) is 1. The van der Waals surface area contributed by atoms with Crippen LogP contribution in [-0.4, -0.2) is 51.1 Å². The van der Waals surface area contributed by atoms with Gasteiger partial charge in [0.25, 0.3) is 5.91 Å². The standard InChI is InChI=1S/C16H16F3N5OS/c1-9-14(26-22-21-9)15(25)24-5-4-10-7-23(8-12(10)24)13-3-2-11(6-20-13)16(17,18)19/h2-3,6,10,12H,4-5,7-8H2,1H3. The van der Waals surface area contributed by atoms with Crippen LogP contribution in [0.4, 0.5) is 19.0 Å². The van der Waals surface area contributed by atoms with Crippen molar-refractivity contribution in [3.63, 3.8) is 0 Å². The first-order chi connectivity index (χ1) is 12.3. The molecule has 0 saturated carbocycles. The molecule has 2 aromatic rings. The number of aromatic nitrogens is 3. The van der Waals surface area contributed by atoms with Crippen molar-refractivity contribution in [1.82, 2.24) is 19.5 Å². The maximum Gasteiger partial charge on any atom is 0.417 e. The number of alkyl halides is 3. The number of pyridine rings is 1. The SMILES string of the molecule is Cc1nnsc1C(=O)N1CCC2CN(c3ccc(C(F)(F)F)cn3)CC21. The molecule has 10 heteroatoms. The molecule has 1 amide bonds. The van der Waals surface area contributed by atoms with Crippen molar-refractivity contribution in [2.45, 2.75) is 25.6 Å². The van der Waals surface area contributed by atoms with Crippen LogP contribution in [0.2, 0.25) is 0 Å². The molecule has 138 valence electrons. The van der Waals surface area contributed by atoms with E-state index in [1.165, 1.54) is 6.07 Å². The highest BCUT2D eigenvalue weighted by Crippen LogP contribution is 2.36. The van der Waals surface area contributed by atoms with Gasteiger partial charge in [-0.05, 0) is 37.0 Å². The van der Waals surface area contributed by atoms with Crippen molar-refractivity contribution in [3.8, 4) is 0 Å². The molecule has 2 aliphatic rings. The molecule has 0 aliphatic carbocycles. The number of hydrogen-bond donors (Lipinski definition) is 0. The summed E-state index contributed by atoms with van der Waals surface area (Å²) < 4.78 is 41.9. The van der Waals surface area contributed by atoms with Gasteiger partial charge in [0.05, 0.1) is 17.3 Å². The average Bonchev–Trinajstić information content (AvgIpc) is 3.28. The predicted molar refractivity (Wildman–Crippen MR) is 89.0 cm³/mol. The molecular formula is C16H16F3N5OS. The maximum absolute atomic E-state index is 12.8. The topological polar surface area (TPSA) is 62.2 Å². The van der Waals surface area contributed by atoms with E-state index in [1.54, 1.807) is 6.92 Å². The number of hydrogen-bond acceptors (Lipinski definition) is 6.